The number of fused-ring (bicyclic) bond motifs is 15. The Balaban J connectivity index is 0.875. The predicted octanol–water partition coefficient (Wildman–Crippen LogP) is 23.0. The number of nitrogens with zero attached hydrogens (tertiary/aromatic N) is 2. The smallest absolute Gasteiger partial charge is 0.159 e. The van der Waals surface area contributed by atoms with Gasteiger partial charge in [-0.3, -0.25) is 0 Å². The number of rotatable bonds is 10. The molecule has 4 heterocycles. The molecule has 0 unspecified atom stereocenters. The van der Waals surface area contributed by atoms with Crippen LogP contribution >= 0.6 is 0 Å². The maximum absolute atomic E-state index is 7.05. The van der Waals surface area contributed by atoms with Crippen LogP contribution in [0, 0.1) is 0 Å². The van der Waals surface area contributed by atoms with Crippen LogP contribution in [-0.4, -0.2) is 0 Å². The molecule has 0 amide bonds. The van der Waals surface area contributed by atoms with E-state index in [9.17, 15) is 0 Å². The molecule has 6 nitrogen and oxygen atoms in total. The van der Waals surface area contributed by atoms with Gasteiger partial charge in [0.1, 0.15) is 33.5 Å². The van der Waals surface area contributed by atoms with Gasteiger partial charge in [-0.1, -0.05) is 152 Å². The molecule has 0 aliphatic heterocycles. The van der Waals surface area contributed by atoms with Crippen LogP contribution < -0.4 is 9.80 Å². The summed E-state index contributed by atoms with van der Waals surface area (Å²) in [4.78, 5) is 4.79. The van der Waals surface area contributed by atoms with E-state index in [-0.39, 0.29) is 11.8 Å². The first kappa shape index (κ1) is 47.9. The van der Waals surface area contributed by atoms with Crippen LogP contribution in [0.25, 0.3) is 109 Å². The van der Waals surface area contributed by atoms with E-state index in [1.165, 1.54) is 22.3 Å². The van der Waals surface area contributed by atoms with Crippen molar-refractivity contribution in [3.8, 4) is 0 Å². The van der Waals surface area contributed by atoms with E-state index in [0.29, 0.717) is 11.8 Å². The monoisotopic (exact) mass is 1040 g/mol. The van der Waals surface area contributed by atoms with Crippen LogP contribution in [0.4, 0.5) is 34.1 Å². The van der Waals surface area contributed by atoms with Crippen molar-refractivity contribution in [3.05, 3.63) is 216 Å². The van der Waals surface area contributed by atoms with Crippen LogP contribution in [-0.2, 0) is 0 Å². The third-order valence-electron chi connectivity index (χ3n) is 16.9. The SMILES string of the molecule is CC(C)c1ccc(N(c2ccc3cc4c(cc3c2)oc2c4ccc3oc4cc5cc(N(c6ccc(C(C)C)cc6)c6c(C(C)C)ccc7c6oc6ccccc67)ccc5cc4c32)c2c(C(C)C)ccc3c2oc2ccccc23)cc1. The lowest BCUT2D eigenvalue weighted by Crippen LogP contribution is -2.13. The fourth-order valence-corrected chi connectivity index (χ4v) is 12.6. The number of anilines is 6. The van der Waals surface area contributed by atoms with Gasteiger partial charge in [0.05, 0.1) is 16.8 Å². The van der Waals surface area contributed by atoms with Crippen LogP contribution in [0.15, 0.2) is 212 Å². The molecule has 0 radical (unpaired) electrons. The van der Waals surface area contributed by atoms with E-state index >= 15 is 0 Å². The molecule has 15 rings (SSSR count). The molecule has 0 saturated carbocycles. The number of furan rings is 4. The highest BCUT2D eigenvalue weighted by molar-refractivity contribution is 6.24. The summed E-state index contributed by atoms with van der Waals surface area (Å²) in [5.74, 6) is 1.29. The minimum Gasteiger partial charge on any atom is -0.456 e. The lowest BCUT2D eigenvalue weighted by Gasteiger charge is -2.29. The maximum atomic E-state index is 7.05. The normalized spacial score (nSPS) is 12.4. The van der Waals surface area contributed by atoms with Gasteiger partial charge in [-0.2, -0.15) is 0 Å². The Hall–Kier alpha value is -9.26. The van der Waals surface area contributed by atoms with E-state index in [2.05, 4.69) is 247 Å². The Morgan fingerprint density at radius 3 is 1.19 bits per heavy atom. The summed E-state index contributed by atoms with van der Waals surface area (Å²) in [6.07, 6.45) is 0. The summed E-state index contributed by atoms with van der Waals surface area (Å²) < 4.78 is 27.5. The third kappa shape index (κ3) is 7.45. The molecule has 15 aromatic rings. The lowest BCUT2D eigenvalue weighted by atomic mass is 9.96. The molecule has 80 heavy (non-hydrogen) atoms. The van der Waals surface area contributed by atoms with Gasteiger partial charge in [-0.05, 0) is 165 Å². The maximum Gasteiger partial charge on any atom is 0.159 e. The Kier molecular flexibility index (Phi) is 10.9. The minimum absolute atomic E-state index is 0.235. The van der Waals surface area contributed by atoms with Crippen molar-refractivity contribution >= 4 is 143 Å². The van der Waals surface area contributed by atoms with Crippen LogP contribution in [0.1, 0.15) is 101 Å². The van der Waals surface area contributed by atoms with E-state index in [0.717, 1.165) is 143 Å². The summed E-state index contributed by atoms with van der Waals surface area (Å²) in [7, 11) is 0. The number of hydrogen-bond donors (Lipinski definition) is 0. The van der Waals surface area contributed by atoms with Gasteiger partial charge >= 0.3 is 0 Å². The largest absolute Gasteiger partial charge is 0.456 e. The Morgan fingerprint density at radius 1 is 0.275 bits per heavy atom. The fourth-order valence-electron chi connectivity index (χ4n) is 12.6. The van der Waals surface area contributed by atoms with Gasteiger partial charge in [0.25, 0.3) is 0 Å². The van der Waals surface area contributed by atoms with Crippen molar-refractivity contribution in [1.82, 2.24) is 0 Å². The molecule has 0 bridgehead atoms. The first-order valence-corrected chi connectivity index (χ1v) is 28.3. The van der Waals surface area contributed by atoms with E-state index in [4.69, 9.17) is 17.7 Å². The number of hydrogen-bond acceptors (Lipinski definition) is 6. The van der Waals surface area contributed by atoms with Crippen LogP contribution in [0.3, 0.4) is 0 Å². The highest BCUT2D eigenvalue weighted by atomic mass is 16.3. The van der Waals surface area contributed by atoms with Gasteiger partial charge in [-0.15, -0.1) is 0 Å². The zero-order valence-electron chi connectivity index (χ0n) is 46.3. The van der Waals surface area contributed by atoms with Gasteiger partial charge < -0.3 is 27.5 Å². The van der Waals surface area contributed by atoms with Crippen molar-refractivity contribution in [3.63, 3.8) is 0 Å². The molecule has 4 aromatic heterocycles. The topological polar surface area (TPSA) is 59.0 Å². The average Bonchev–Trinajstić information content (AvgIpc) is 4.24. The molecule has 0 aliphatic carbocycles. The second-order valence-corrected chi connectivity index (χ2v) is 23.2. The Labute approximate surface area is 464 Å². The van der Waals surface area contributed by atoms with Gasteiger partial charge in [0.15, 0.2) is 11.2 Å². The molecule has 0 aliphatic rings. The molecular weight excluding hydrogens is 981 g/mol. The quantitative estimate of drug-likeness (QED) is 0.136. The zero-order chi connectivity index (χ0) is 54.2. The Bertz CT molecular complexity index is 4970. The van der Waals surface area contributed by atoms with E-state index in [1.54, 1.807) is 0 Å². The second kappa shape index (κ2) is 18.2. The molecule has 0 spiro atoms. The molecule has 11 aromatic carbocycles. The lowest BCUT2D eigenvalue weighted by molar-refractivity contribution is 0.663. The number of benzene rings is 11. The van der Waals surface area contributed by atoms with E-state index < -0.39 is 0 Å². The average molecular weight is 1040 g/mol. The molecule has 6 heteroatoms. The zero-order valence-corrected chi connectivity index (χ0v) is 46.3. The fraction of sp³-hybridized carbons (Fsp3) is 0.162. The summed E-state index contributed by atoms with van der Waals surface area (Å²) in [5, 5.41) is 13.0. The van der Waals surface area contributed by atoms with Crippen LogP contribution in [0.5, 0.6) is 0 Å². The summed E-state index contributed by atoms with van der Waals surface area (Å²) in [6.45, 7) is 18.0. The number of para-hydroxylation sites is 2. The van der Waals surface area contributed by atoms with Gasteiger partial charge in [0, 0.05) is 60.5 Å². The van der Waals surface area contributed by atoms with Gasteiger partial charge in [0.2, 0.25) is 0 Å². The van der Waals surface area contributed by atoms with Crippen molar-refractivity contribution in [2.24, 2.45) is 0 Å². The predicted molar refractivity (Wildman–Crippen MR) is 336 cm³/mol. The minimum atomic E-state index is 0.235. The summed E-state index contributed by atoms with van der Waals surface area (Å²) in [5.41, 5.74) is 18.1. The second-order valence-electron chi connectivity index (χ2n) is 23.2. The standard InChI is InChI=1S/C74H60N2O4/c1-41(2)45-17-23-51(24-18-45)75(70-55(43(5)6)29-31-59-57-13-9-11-15-64(57)78-73(59)70)53-27-21-47-37-62-61-33-34-66-69(72(61)80-67(62)39-49(47)35-53)63-38-48-22-28-54(36-50(48)40-68(63)77-66)76(52-25-19-46(20-26-52)42(3)4)71-56(44(7)8)30-32-60-58-14-10-12-16-65(58)79-74(60)71/h9-44H,1-8H3. The first-order valence-electron chi connectivity index (χ1n) is 28.3. The molecule has 0 fully saturated rings. The van der Waals surface area contributed by atoms with Gasteiger partial charge in [-0.25, -0.2) is 0 Å². The summed E-state index contributed by atoms with van der Waals surface area (Å²) >= 11 is 0. The van der Waals surface area contributed by atoms with Crippen molar-refractivity contribution in [2.45, 2.75) is 79.1 Å². The summed E-state index contributed by atoms with van der Waals surface area (Å²) in [6, 6.07) is 70.6. The molecule has 0 N–H and O–H groups in total. The van der Waals surface area contributed by atoms with Crippen molar-refractivity contribution in [2.75, 3.05) is 9.80 Å². The molecule has 0 saturated heterocycles. The molecule has 0 atom stereocenters. The van der Waals surface area contributed by atoms with Crippen LogP contribution in [0.2, 0.25) is 0 Å². The highest BCUT2D eigenvalue weighted by Crippen LogP contribution is 2.50. The molecule has 390 valence electrons. The Morgan fingerprint density at radius 2 is 0.700 bits per heavy atom. The van der Waals surface area contributed by atoms with Crippen molar-refractivity contribution in [1.29, 1.82) is 0 Å². The molecular formula is C74H60N2O4. The first-order chi connectivity index (χ1) is 38.9. The highest BCUT2D eigenvalue weighted by Gasteiger charge is 2.28. The third-order valence-corrected chi connectivity index (χ3v) is 16.9. The van der Waals surface area contributed by atoms with E-state index in [1.807, 2.05) is 12.1 Å². The van der Waals surface area contributed by atoms with Crippen molar-refractivity contribution < 1.29 is 17.7 Å².